The van der Waals surface area contributed by atoms with E-state index in [9.17, 15) is 5.11 Å². The quantitative estimate of drug-likeness (QED) is 0.909. The van der Waals surface area contributed by atoms with Crippen LogP contribution in [0.4, 0.5) is 0 Å². The van der Waals surface area contributed by atoms with Crippen LogP contribution < -0.4 is 9.47 Å². The average Bonchev–Trinajstić information content (AvgIpc) is 2.47. The van der Waals surface area contributed by atoms with Crippen molar-refractivity contribution in [3.8, 4) is 11.5 Å². The summed E-state index contributed by atoms with van der Waals surface area (Å²) in [6, 6.07) is 3.80. The van der Waals surface area contributed by atoms with Gasteiger partial charge in [-0.3, -0.25) is 0 Å². The monoisotopic (exact) mass is 266 g/mol. The average molecular weight is 266 g/mol. The van der Waals surface area contributed by atoms with Crippen molar-refractivity contribution in [1.82, 2.24) is 0 Å². The highest BCUT2D eigenvalue weighted by Gasteiger charge is 2.25. The van der Waals surface area contributed by atoms with Crippen LogP contribution in [0.15, 0.2) is 12.1 Å². The number of ether oxygens (including phenoxy) is 3. The lowest BCUT2D eigenvalue weighted by atomic mass is 9.87. The Kier molecular flexibility index (Phi) is 4.66. The minimum Gasteiger partial charge on any atom is -0.493 e. The van der Waals surface area contributed by atoms with E-state index >= 15 is 0 Å². The molecule has 1 N–H and O–H groups in total. The molecule has 1 aliphatic heterocycles. The van der Waals surface area contributed by atoms with E-state index in [0.29, 0.717) is 11.5 Å². The summed E-state index contributed by atoms with van der Waals surface area (Å²) >= 11 is 0. The minimum atomic E-state index is -0.469. The van der Waals surface area contributed by atoms with Gasteiger partial charge in [0.05, 0.1) is 20.3 Å². The van der Waals surface area contributed by atoms with E-state index in [0.717, 1.165) is 37.2 Å². The fraction of sp³-hybridized carbons (Fsp3) is 0.600. The first kappa shape index (κ1) is 14.2. The molecule has 0 aromatic heterocycles. The number of hydrogen-bond donors (Lipinski definition) is 1. The zero-order valence-electron chi connectivity index (χ0n) is 11.8. The molecular weight excluding hydrogens is 244 g/mol. The third kappa shape index (κ3) is 3.01. The Morgan fingerprint density at radius 1 is 1.16 bits per heavy atom. The Bertz CT molecular complexity index is 424. The van der Waals surface area contributed by atoms with Crippen LogP contribution in [0.5, 0.6) is 11.5 Å². The SMILES string of the molecule is COc1cc(C)c(C(O)C2CCOCC2)cc1OC. The largest absolute Gasteiger partial charge is 0.493 e. The van der Waals surface area contributed by atoms with Gasteiger partial charge in [0.25, 0.3) is 0 Å². The molecule has 0 spiro atoms. The highest BCUT2D eigenvalue weighted by molar-refractivity contribution is 5.47. The van der Waals surface area contributed by atoms with Gasteiger partial charge in [0.15, 0.2) is 11.5 Å². The smallest absolute Gasteiger partial charge is 0.161 e. The van der Waals surface area contributed by atoms with Gasteiger partial charge in [-0.2, -0.15) is 0 Å². The molecule has 19 heavy (non-hydrogen) atoms. The molecule has 2 rings (SSSR count). The second-order valence-electron chi connectivity index (χ2n) is 4.96. The molecule has 1 aromatic carbocycles. The summed E-state index contributed by atoms with van der Waals surface area (Å²) in [5.74, 6) is 1.61. The molecule has 0 amide bonds. The Hall–Kier alpha value is -1.26. The van der Waals surface area contributed by atoms with Crippen molar-refractivity contribution in [3.05, 3.63) is 23.3 Å². The predicted molar refractivity (Wildman–Crippen MR) is 72.8 cm³/mol. The summed E-state index contributed by atoms with van der Waals surface area (Å²) in [4.78, 5) is 0. The molecule has 1 fully saturated rings. The molecule has 106 valence electrons. The first-order valence-corrected chi connectivity index (χ1v) is 6.65. The summed E-state index contributed by atoms with van der Waals surface area (Å²) in [6.45, 7) is 3.45. The Morgan fingerprint density at radius 3 is 2.32 bits per heavy atom. The van der Waals surface area contributed by atoms with Crippen molar-refractivity contribution < 1.29 is 19.3 Å². The molecule has 1 aliphatic rings. The molecule has 1 saturated heterocycles. The van der Waals surface area contributed by atoms with Gasteiger partial charge in [0.1, 0.15) is 0 Å². The highest BCUT2D eigenvalue weighted by atomic mass is 16.5. The first-order valence-electron chi connectivity index (χ1n) is 6.65. The lowest BCUT2D eigenvalue weighted by Gasteiger charge is -2.28. The van der Waals surface area contributed by atoms with Crippen molar-refractivity contribution in [3.63, 3.8) is 0 Å². The van der Waals surface area contributed by atoms with E-state index in [4.69, 9.17) is 14.2 Å². The summed E-state index contributed by atoms with van der Waals surface area (Å²) in [5.41, 5.74) is 1.95. The number of aliphatic hydroxyl groups is 1. The van der Waals surface area contributed by atoms with Gasteiger partial charge >= 0.3 is 0 Å². The second-order valence-corrected chi connectivity index (χ2v) is 4.96. The number of rotatable bonds is 4. The Labute approximate surface area is 114 Å². The molecule has 4 heteroatoms. The van der Waals surface area contributed by atoms with E-state index in [2.05, 4.69) is 0 Å². The van der Waals surface area contributed by atoms with E-state index in [1.165, 1.54) is 0 Å². The molecule has 0 aliphatic carbocycles. The van der Waals surface area contributed by atoms with Crippen molar-refractivity contribution in [2.24, 2.45) is 5.92 Å². The lowest BCUT2D eigenvalue weighted by molar-refractivity contribution is 0.00687. The number of aliphatic hydroxyl groups excluding tert-OH is 1. The van der Waals surface area contributed by atoms with Crippen LogP contribution >= 0.6 is 0 Å². The zero-order valence-corrected chi connectivity index (χ0v) is 11.8. The van der Waals surface area contributed by atoms with Crippen molar-refractivity contribution in [2.45, 2.75) is 25.9 Å². The number of methoxy groups -OCH3 is 2. The molecule has 1 atom stereocenters. The summed E-state index contributed by atoms with van der Waals surface area (Å²) in [5, 5.41) is 10.6. The van der Waals surface area contributed by atoms with Crippen LogP contribution in [-0.4, -0.2) is 32.5 Å². The molecule has 4 nitrogen and oxygen atoms in total. The Morgan fingerprint density at radius 2 is 1.74 bits per heavy atom. The fourth-order valence-corrected chi connectivity index (χ4v) is 2.60. The maximum absolute atomic E-state index is 10.6. The lowest BCUT2D eigenvalue weighted by Crippen LogP contribution is -2.22. The van der Waals surface area contributed by atoms with Crippen LogP contribution in [0, 0.1) is 12.8 Å². The molecular formula is C15H22O4. The summed E-state index contributed by atoms with van der Waals surface area (Å²) in [6.07, 6.45) is 1.33. The molecule has 0 radical (unpaired) electrons. The van der Waals surface area contributed by atoms with E-state index < -0.39 is 6.10 Å². The van der Waals surface area contributed by atoms with Crippen LogP contribution in [0.3, 0.4) is 0 Å². The highest BCUT2D eigenvalue weighted by Crippen LogP contribution is 2.37. The van der Waals surface area contributed by atoms with Crippen LogP contribution in [0.1, 0.15) is 30.1 Å². The topological polar surface area (TPSA) is 47.9 Å². The van der Waals surface area contributed by atoms with Crippen LogP contribution in [0.2, 0.25) is 0 Å². The third-order valence-electron chi connectivity index (χ3n) is 3.80. The number of hydrogen-bond acceptors (Lipinski definition) is 4. The molecule has 1 unspecified atom stereocenters. The number of aryl methyl sites for hydroxylation is 1. The normalized spacial score (nSPS) is 18.1. The van der Waals surface area contributed by atoms with Gasteiger partial charge in [-0.25, -0.2) is 0 Å². The van der Waals surface area contributed by atoms with Crippen LogP contribution in [-0.2, 0) is 4.74 Å². The maximum atomic E-state index is 10.6. The van der Waals surface area contributed by atoms with Gasteiger partial charge in [-0.05, 0) is 48.9 Å². The van der Waals surface area contributed by atoms with Gasteiger partial charge in [0.2, 0.25) is 0 Å². The standard InChI is InChI=1S/C15H22O4/c1-10-8-13(17-2)14(18-3)9-12(10)15(16)11-4-6-19-7-5-11/h8-9,11,15-16H,4-7H2,1-3H3. The fourth-order valence-electron chi connectivity index (χ4n) is 2.60. The molecule has 0 saturated carbocycles. The maximum Gasteiger partial charge on any atom is 0.161 e. The minimum absolute atomic E-state index is 0.255. The molecule has 1 heterocycles. The molecule has 1 aromatic rings. The number of benzene rings is 1. The van der Waals surface area contributed by atoms with E-state index in [1.54, 1.807) is 14.2 Å². The van der Waals surface area contributed by atoms with Gasteiger partial charge < -0.3 is 19.3 Å². The van der Waals surface area contributed by atoms with Crippen molar-refractivity contribution in [1.29, 1.82) is 0 Å². The summed E-state index contributed by atoms with van der Waals surface area (Å²) < 4.78 is 15.9. The zero-order chi connectivity index (χ0) is 13.8. The van der Waals surface area contributed by atoms with E-state index in [-0.39, 0.29) is 5.92 Å². The third-order valence-corrected chi connectivity index (χ3v) is 3.80. The second kappa shape index (κ2) is 6.26. The summed E-state index contributed by atoms with van der Waals surface area (Å²) in [7, 11) is 3.23. The van der Waals surface area contributed by atoms with Crippen LogP contribution in [0.25, 0.3) is 0 Å². The van der Waals surface area contributed by atoms with Crippen molar-refractivity contribution in [2.75, 3.05) is 27.4 Å². The predicted octanol–water partition coefficient (Wildman–Crippen LogP) is 2.47. The van der Waals surface area contributed by atoms with E-state index in [1.807, 2.05) is 19.1 Å². The van der Waals surface area contributed by atoms with Gasteiger partial charge in [-0.1, -0.05) is 0 Å². The molecule has 0 bridgehead atoms. The first-order chi connectivity index (χ1) is 9.17. The van der Waals surface area contributed by atoms with Gasteiger partial charge in [0, 0.05) is 13.2 Å². The van der Waals surface area contributed by atoms with Gasteiger partial charge in [-0.15, -0.1) is 0 Å². The van der Waals surface area contributed by atoms with Crippen molar-refractivity contribution >= 4 is 0 Å². The Balaban J connectivity index is 2.27.